The Morgan fingerprint density at radius 1 is 1.35 bits per heavy atom. The first-order valence-electron chi connectivity index (χ1n) is 8.99. The number of sulfone groups is 2. The predicted octanol–water partition coefficient (Wildman–Crippen LogP) is 0.131. The molecule has 1 aliphatic rings. The molecule has 13 heteroatoms. The molecule has 1 aliphatic heterocycles. The Hall–Kier alpha value is -2.85. The van der Waals surface area contributed by atoms with Crippen LogP contribution >= 0.6 is 0 Å². The Bertz CT molecular complexity index is 1110. The first-order valence-corrected chi connectivity index (χ1v) is 12.5. The zero-order valence-electron chi connectivity index (χ0n) is 17.1. The summed E-state index contributed by atoms with van der Waals surface area (Å²) in [6.07, 6.45) is -1.67. The number of hydrogen-bond acceptors (Lipinski definition) is 8. The second-order valence-electron chi connectivity index (χ2n) is 7.59. The van der Waals surface area contributed by atoms with E-state index in [0.717, 1.165) is 0 Å². The zero-order valence-corrected chi connectivity index (χ0v) is 18.7. The molecule has 0 radical (unpaired) electrons. The maximum Gasteiger partial charge on any atom is 0.405 e. The highest BCUT2D eigenvalue weighted by Crippen LogP contribution is 2.29. The van der Waals surface area contributed by atoms with Gasteiger partial charge in [0, 0.05) is 0 Å². The summed E-state index contributed by atoms with van der Waals surface area (Å²) < 4.78 is 53.2. The van der Waals surface area contributed by atoms with Crippen LogP contribution in [0.1, 0.15) is 19.4 Å². The fourth-order valence-corrected chi connectivity index (χ4v) is 6.23. The number of hydrogen-bond donors (Lipinski definition) is 2. The molecule has 1 saturated heterocycles. The highest BCUT2D eigenvalue weighted by atomic mass is 32.2. The number of ether oxygens (including phenoxy) is 1. The van der Waals surface area contributed by atoms with Gasteiger partial charge in [0.05, 0.1) is 29.4 Å². The van der Waals surface area contributed by atoms with Crippen LogP contribution in [0.3, 0.4) is 0 Å². The fraction of sp³-hybridized carbons (Fsp3) is 0.500. The van der Waals surface area contributed by atoms with Crippen molar-refractivity contribution in [2.45, 2.75) is 36.4 Å². The molecule has 0 bridgehead atoms. The predicted molar refractivity (Wildman–Crippen MR) is 110 cm³/mol. The summed E-state index contributed by atoms with van der Waals surface area (Å²) in [5.74, 6) is -2.49. The summed E-state index contributed by atoms with van der Waals surface area (Å²) in [5.41, 5.74) is 0.383. The third-order valence-corrected chi connectivity index (χ3v) is 9.13. The van der Waals surface area contributed by atoms with E-state index in [4.69, 9.17) is 4.74 Å². The van der Waals surface area contributed by atoms with Crippen LogP contribution in [0, 0.1) is 11.3 Å². The number of nitrogens with zero attached hydrogens (tertiary/aromatic N) is 2. The Balaban J connectivity index is 2.41. The Kier molecular flexibility index (Phi) is 6.87. The molecule has 1 aromatic rings. The average Bonchev–Trinajstić information content (AvgIpc) is 3.00. The number of nitriles is 1. The minimum Gasteiger partial charge on any atom is -0.497 e. The third kappa shape index (κ3) is 5.26. The smallest absolute Gasteiger partial charge is 0.405 e. The van der Waals surface area contributed by atoms with E-state index in [1.165, 1.54) is 33.1 Å². The first kappa shape index (κ1) is 24.4. The largest absolute Gasteiger partial charge is 0.497 e. The maximum atomic E-state index is 13.2. The quantitative estimate of drug-likeness (QED) is 0.558. The average molecular weight is 474 g/mol. The van der Waals surface area contributed by atoms with Crippen LogP contribution in [0.15, 0.2) is 24.3 Å². The molecule has 2 N–H and O–H groups in total. The van der Waals surface area contributed by atoms with Gasteiger partial charge in [-0.25, -0.2) is 21.6 Å². The van der Waals surface area contributed by atoms with Crippen LogP contribution in [-0.4, -0.2) is 74.4 Å². The van der Waals surface area contributed by atoms with Crippen LogP contribution in [0.4, 0.5) is 4.79 Å². The van der Waals surface area contributed by atoms with Crippen LogP contribution in [0.2, 0.25) is 0 Å². The summed E-state index contributed by atoms with van der Waals surface area (Å²) >= 11 is 0. The van der Waals surface area contributed by atoms with E-state index in [0.29, 0.717) is 16.2 Å². The van der Waals surface area contributed by atoms with E-state index in [-0.39, 0.29) is 0 Å². The van der Waals surface area contributed by atoms with Gasteiger partial charge in [-0.05, 0) is 31.5 Å². The van der Waals surface area contributed by atoms with Gasteiger partial charge in [0.25, 0.3) is 0 Å². The summed E-state index contributed by atoms with van der Waals surface area (Å²) in [6, 6.07) is 4.67. The van der Waals surface area contributed by atoms with Gasteiger partial charge in [0.2, 0.25) is 5.91 Å². The van der Waals surface area contributed by atoms with E-state index in [1.54, 1.807) is 18.2 Å². The number of amides is 2. The second kappa shape index (κ2) is 8.72. The number of carbonyl (C=O) groups is 2. The monoisotopic (exact) mass is 473 g/mol. The van der Waals surface area contributed by atoms with Gasteiger partial charge < -0.3 is 20.1 Å². The molecule has 1 aromatic carbocycles. The first-order chi connectivity index (χ1) is 14.2. The molecule has 0 unspecified atom stereocenters. The van der Waals surface area contributed by atoms with E-state index >= 15 is 0 Å². The molecular formula is C18H23N3O8S2. The van der Waals surface area contributed by atoms with Crippen molar-refractivity contribution in [2.75, 3.05) is 18.7 Å². The van der Waals surface area contributed by atoms with E-state index < -0.39 is 65.9 Å². The van der Waals surface area contributed by atoms with Crippen molar-refractivity contribution in [2.24, 2.45) is 0 Å². The zero-order chi connectivity index (χ0) is 23.6. The summed E-state index contributed by atoms with van der Waals surface area (Å²) in [7, 11) is -6.45. The molecule has 0 aliphatic carbocycles. The highest BCUT2D eigenvalue weighted by molar-refractivity contribution is 7.92. The van der Waals surface area contributed by atoms with Crippen LogP contribution in [0.5, 0.6) is 5.75 Å². The molecule has 11 nitrogen and oxygen atoms in total. The van der Waals surface area contributed by atoms with Crippen molar-refractivity contribution < 1.29 is 36.3 Å². The van der Waals surface area contributed by atoms with E-state index in [2.05, 4.69) is 0 Å². The summed E-state index contributed by atoms with van der Waals surface area (Å²) in [6.45, 7) is 2.35. The molecule has 2 atom stereocenters. The SMILES string of the molecule is COc1ccc(CS(=O)(=O)C(C)(C)[C@H](NC(=O)O)C(=O)N2CS(=O)(=O)C[C@H]2C#N)cc1. The van der Waals surface area contributed by atoms with Crippen molar-refractivity contribution >= 4 is 31.7 Å². The van der Waals surface area contributed by atoms with Crippen molar-refractivity contribution in [3.63, 3.8) is 0 Å². The van der Waals surface area contributed by atoms with Crippen molar-refractivity contribution in [1.29, 1.82) is 5.26 Å². The number of rotatable bonds is 7. The van der Waals surface area contributed by atoms with Gasteiger partial charge in [-0.1, -0.05) is 12.1 Å². The molecule has 0 saturated carbocycles. The van der Waals surface area contributed by atoms with Crippen LogP contribution < -0.4 is 10.1 Å². The Morgan fingerprint density at radius 3 is 2.42 bits per heavy atom. The summed E-state index contributed by atoms with van der Waals surface area (Å²) in [5, 5.41) is 20.3. The van der Waals surface area contributed by atoms with Gasteiger partial charge in [-0.15, -0.1) is 0 Å². The van der Waals surface area contributed by atoms with Gasteiger partial charge in [0.15, 0.2) is 19.7 Å². The number of carboxylic acid groups (broad SMARTS) is 1. The lowest BCUT2D eigenvalue weighted by Crippen LogP contribution is -2.62. The Morgan fingerprint density at radius 2 is 1.94 bits per heavy atom. The lowest BCUT2D eigenvalue weighted by atomic mass is 10.0. The van der Waals surface area contributed by atoms with Gasteiger partial charge in [0.1, 0.15) is 23.7 Å². The molecule has 170 valence electrons. The maximum absolute atomic E-state index is 13.2. The molecule has 2 rings (SSSR count). The third-order valence-electron chi connectivity index (χ3n) is 5.08. The number of benzene rings is 1. The van der Waals surface area contributed by atoms with Crippen LogP contribution in [-0.2, 0) is 30.2 Å². The van der Waals surface area contributed by atoms with Gasteiger partial charge >= 0.3 is 6.09 Å². The van der Waals surface area contributed by atoms with E-state index in [1.807, 2.05) is 5.32 Å². The molecule has 1 fully saturated rings. The number of methoxy groups -OCH3 is 1. The standard InChI is InChI=1S/C18H23N3O8S2/c1-18(2,31(27,28)9-12-4-6-14(29-3)7-5-12)15(20-17(23)24)16(22)21-11-30(25,26)10-13(21)8-19/h4-7,13,15,20H,9-11H2,1-3H3,(H,23,24)/t13-,15-/m1/s1. The number of nitrogens with one attached hydrogen (secondary N) is 1. The van der Waals surface area contributed by atoms with Gasteiger partial charge in [-0.3, -0.25) is 4.79 Å². The molecular weight excluding hydrogens is 450 g/mol. The highest BCUT2D eigenvalue weighted by Gasteiger charge is 2.51. The molecule has 31 heavy (non-hydrogen) atoms. The normalized spacial score (nSPS) is 19.3. The fourth-order valence-electron chi connectivity index (χ4n) is 3.14. The molecule has 0 aromatic heterocycles. The lowest BCUT2D eigenvalue weighted by Gasteiger charge is -2.35. The Labute approximate surface area is 180 Å². The van der Waals surface area contributed by atoms with Gasteiger partial charge in [-0.2, -0.15) is 5.26 Å². The van der Waals surface area contributed by atoms with Crippen molar-refractivity contribution in [3.8, 4) is 11.8 Å². The van der Waals surface area contributed by atoms with Crippen molar-refractivity contribution in [3.05, 3.63) is 29.8 Å². The molecule has 2 amide bonds. The molecule has 1 heterocycles. The minimum absolute atomic E-state index is 0.383. The van der Waals surface area contributed by atoms with Crippen LogP contribution in [0.25, 0.3) is 0 Å². The van der Waals surface area contributed by atoms with E-state index in [9.17, 15) is 36.8 Å². The second-order valence-corrected chi connectivity index (χ2v) is 12.2. The topological polar surface area (TPSA) is 171 Å². The number of carbonyl (C=O) groups excluding carboxylic acids is 1. The summed E-state index contributed by atoms with van der Waals surface area (Å²) in [4.78, 5) is 25.1. The minimum atomic E-state index is -4.15. The lowest BCUT2D eigenvalue weighted by molar-refractivity contribution is -0.133. The van der Waals surface area contributed by atoms with Crippen molar-refractivity contribution in [1.82, 2.24) is 10.2 Å². The molecule has 0 spiro atoms.